The van der Waals surface area contributed by atoms with E-state index in [9.17, 15) is 18.0 Å². The molecule has 0 bridgehead atoms. The maximum atomic E-state index is 12.0. The first-order valence-electron chi connectivity index (χ1n) is 4.16. The molecule has 0 radical (unpaired) electrons. The minimum absolute atomic E-state index is 0.121. The van der Waals surface area contributed by atoms with E-state index in [1.807, 2.05) is 0 Å². The van der Waals surface area contributed by atoms with Crippen molar-refractivity contribution in [1.82, 2.24) is 0 Å². The summed E-state index contributed by atoms with van der Waals surface area (Å²) in [7, 11) is 1.21. The van der Waals surface area contributed by atoms with Gasteiger partial charge in [0.1, 0.15) is 0 Å². The summed E-state index contributed by atoms with van der Waals surface area (Å²) < 4.78 is 40.3. The fourth-order valence-electron chi connectivity index (χ4n) is 1.11. The molecule has 0 aliphatic carbocycles. The van der Waals surface area contributed by atoms with E-state index >= 15 is 0 Å². The number of halogens is 3. The second kappa shape index (κ2) is 4.33. The van der Waals surface area contributed by atoms with Crippen LogP contribution in [-0.2, 0) is 11.2 Å². The molecule has 0 saturated carbocycles. The van der Waals surface area contributed by atoms with Crippen LogP contribution in [0.1, 0.15) is 15.9 Å². The lowest BCUT2D eigenvalue weighted by molar-refractivity contribution is -0.127. The van der Waals surface area contributed by atoms with Gasteiger partial charge >= 0.3 is 12.1 Å². The van der Waals surface area contributed by atoms with Crippen molar-refractivity contribution in [3.63, 3.8) is 0 Å². The molecule has 0 aromatic heterocycles. The molecule has 1 aromatic carbocycles. The van der Waals surface area contributed by atoms with Crippen LogP contribution in [-0.4, -0.2) is 19.3 Å². The number of carbonyl (C=O) groups excluding carboxylic acids is 1. The van der Waals surface area contributed by atoms with Crippen LogP contribution >= 0.6 is 0 Å². The zero-order chi connectivity index (χ0) is 11.5. The van der Waals surface area contributed by atoms with Gasteiger partial charge < -0.3 is 4.74 Å². The zero-order valence-corrected chi connectivity index (χ0v) is 7.97. The maximum absolute atomic E-state index is 12.0. The van der Waals surface area contributed by atoms with E-state index in [4.69, 9.17) is 0 Å². The summed E-state index contributed by atoms with van der Waals surface area (Å²) >= 11 is 0. The molecule has 0 saturated heterocycles. The van der Waals surface area contributed by atoms with Crippen molar-refractivity contribution in [3.8, 4) is 0 Å². The number of esters is 1. The molecule has 0 fully saturated rings. The number of alkyl halides is 3. The summed E-state index contributed by atoms with van der Waals surface area (Å²) in [5, 5.41) is 0. The van der Waals surface area contributed by atoms with E-state index in [1.165, 1.54) is 31.4 Å². The highest BCUT2D eigenvalue weighted by molar-refractivity contribution is 5.89. The Hall–Kier alpha value is -1.52. The average Bonchev–Trinajstić information content (AvgIpc) is 2.15. The first-order valence-corrected chi connectivity index (χ1v) is 4.16. The molecule has 0 atom stereocenters. The first-order chi connectivity index (χ1) is 6.92. The Kier molecular flexibility index (Phi) is 3.34. The Labute approximate surface area is 84.7 Å². The van der Waals surface area contributed by atoms with E-state index < -0.39 is 18.6 Å². The summed E-state index contributed by atoms with van der Waals surface area (Å²) in [4.78, 5) is 11.0. The van der Waals surface area contributed by atoms with Crippen LogP contribution < -0.4 is 0 Å². The SMILES string of the molecule is COC(=O)c1ccc(CC(F)(F)F)cc1. The van der Waals surface area contributed by atoms with E-state index in [0.717, 1.165) is 0 Å². The van der Waals surface area contributed by atoms with Gasteiger partial charge in [-0.3, -0.25) is 0 Å². The van der Waals surface area contributed by atoms with Crippen LogP contribution in [0.5, 0.6) is 0 Å². The van der Waals surface area contributed by atoms with E-state index in [0.29, 0.717) is 0 Å². The van der Waals surface area contributed by atoms with Crippen molar-refractivity contribution in [2.75, 3.05) is 7.11 Å². The third-order valence-corrected chi connectivity index (χ3v) is 1.78. The molecule has 5 heteroatoms. The molecule has 0 aliphatic heterocycles. The van der Waals surface area contributed by atoms with Gasteiger partial charge in [-0.1, -0.05) is 12.1 Å². The van der Waals surface area contributed by atoms with E-state index in [2.05, 4.69) is 4.74 Å². The van der Waals surface area contributed by atoms with Crippen LogP contribution in [0.2, 0.25) is 0 Å². The second-order valence-corrected chi connectivity index (χ2v) is 2.98. The topological polar surface area (TPSA) is 26.3 Å². The number of ether oxygens (including phenoxy) is 1. The van der Waals surface area contributed by atoms with Crippen LogP contribution in [0.25, 0.3) is 0 Å². The predicted octanol–water partition coefficient (Wildman–Crippen LogP) is 2.58. The number of methoxy groups -OCH3 is 1. The summed E-state index contributed by atoms with van der Waals surface area (Å²) in [6.07, 6.45) is -5.22. The standard InChI is InChI=1S/C10H9F3O2/c1-15-9(14)8-4-2-7(3-5-8)6-10(11,12)13/h2-5H,6H2,1H3. The van der Waals surface area contributed by atoms with Gasteiger partial charge in [-0.05, 0) is 17.7 Å². The minimum Gasteiger partial charge on any atom is -0.465 e. The molecule has 0 unspecified atom stereocenters. The first kappa shape index (κ1) is 11.6. The smallest absolute Gasteiger partial charge is 0.393 e. The van der Waals surface area contributed by atoms with Gasteiger partial charge in [0.2, 0.25) is 0 Å². The molecule has 15 heavy (non-hydrogen) atoms. The van der Waals surface area contributed by atoms with E-state index in [-0.39, 0.29) is 11.1 Å². The third kappa shape index (κ3) is 3.61. The van der Waals surface area contributed by atoms with E-state index in [1.54, 1.807) is 0 Å². The lowest BCUT2D eigenvalue weighted by Crippen LogP contribution is -2.11. The lowest BCUT2D eigenvalue weighted by Gasteiger charge is -2.06. The molecule has 2 nitrogen and oxygen atoms in total. The largest absolute Gasteiger partial charge is 0.465 e. The van der Waals surface area contributed by atoms with Crippen molar-refractivity contribution >= 4 is 5.97 Å². The molecular formula is C10H9F3O2. The van der Waals surface area contributed by atoms with Crippen LogP contribution in [0.15, 0.2) is 24.3 Å². The van der Waals surface area contributed by atoms with Gasteiger partial charge in [0.05, 0.1) is 19.1 Å². The van der Waals surface area contributed by atoms with Gasteiger partial charge in [0, 0.05) is 0 Å². The Morgan fingerprint density at radius 2 is 1.80 bits per heavy atom. The summed E-state index contributed by atoms with van der Waals surface area (Å²) in [5.74, 6) is -0.562. The van der Waals surface area contributed by atoms with Gasteiger partial charge in [0.25, 0.3) is 0 Å². The molecule has 0 N–H and O–H groups in total. The highest BCUT2D eigenvalue weighted by Gasteiger charge is 2.27. The number of rotatable bonds is 2. The Morgan fingerprint density at radius 3 is 2.20 bits per heavy atom. The van der Waals surface area contributed by atoms with Gasteiger partial charge in [0.15, 0.2) is 0 Å². The summed E-state index contributed by atoms with van der Waals surface area (Å²) in [6.45, 7) is 0. The Balaban J connectivity index is 2.77. The minimum atomic E-state index is -4.23. The lowest BCUT2D eigenvalue weighted by atomic mass is 10.1. The van der Waals surface area contributed by atoms with Crippen molar-refractivity contribution in [2.24, 2.45) is 0 Å². The third-order valence-electron chi connectivity index (χ3n) is 1.78. The number of hydrogen-bond acceptors (Lipinski definition) is 2. The normalized spacial score (nSPS) is 11.2. The molecular weight excluding hydrogens is 209 g/mol. The monoisotopic (exact) mass is 218 g/mol. The average molecular weight is 218 g/mol. The molecule has 0 amide bonds. The molecule has 1 rings (SSSR count). The van der Waals surface area contributed by atoms with Crippen molar-refractivity contribution in [1.29, 1.82) is 0 Å². The quantitative estimate of drug-likeness (QED) is 0.713. The highest BCUT2D eigenvalue weighted by Crippen LogP contribution is 2.21. The predicted molar refractivity (Wildman–Crippen MR) is 47.5 cm³/mol. The van der Waals surface area contributed by atoms with Gasteiger partial charge in [-0.2, -0.15) is 13.2 Å². The fourth-order valence-corrected chi connectivity index (χ4v) is 1.11. The van der Waals surface area contributed by atoms with Crippen LogP contribution in [0.4, 0.5) is 13.2 Å². The Morgan fingerprint density at radius 1 is 1.27 bits per heavy atom. The van der Waals surface area contributed by atoms with Crippen molar-refractivity contribution in [3.05, 3.63) is 35.4 Å². The van der Waals surface area contributed by atoms with Crippen molar-refractivity contribution in [2.45, 2.75) is 12.6 Å². The van der Waals surface area contributed by atoms with Gasteiger partial charge in [-0.25, -0.2) is 4.79 Å². The Bertz CT molecular complexity index is 341. The molecule has 0 aliphatic rings. The van der Waals surface area contributed by atoms with Crippen molar-refractivity contribution < 1.29 is 22.7 Å². The molecule has 0 heterocycles. The van der Waals surface area contributed by atoms with Gasteiger partial charge in [-0.15, -0.1) is 0 Å². The number of benzene rings is 1. The second-order valence-electron chi connectivity index (χ2n) is 2.98. The maximum Gasteiger partial charge on any atom is 0.393 e. The number of hydrogen-bond donors (Lipinski definition) is 0. The summed E-state index contributed by atoms with van der Waals surface area (Å²) in [5.41, 5.74) is 0.360. The molecule has 0 spiro atoms. The zero-order valence-electron chi connectivity index (χ0n) is 7.97. The summed E-state index contributed by atoms with van der Waals surface area (Å²) in [6, 6.07) is 5.15. The van der Waals surface area contributed by atoms with Crippen LogP contribution in [0, 0.1) is 0 Å². The molecule has 82 valence electrons. The highest BCUT2D eigenvalue weighted by atomic mass is 19.4. The number of carbonyl (C=O) groups is 1. The van der Waals surface area contributed by atoms with Crippen LogP contribution in [0.3, 0.4) is 0 Å². The molecule has 1 aromatic rings. The fraction of sp³-hybridized carbons (Fsp3) is 0.300.